The Morgan fingerprint density at radius 3 is 2.60 bits per heavy atom. The lowest BCUT2D eigenvalue weighted by molar-refractivity contribution is -0.00239. The van der Waals surface area contributed by atoms with Crippen molar-refractivity contribution in [2.24, 2.45) is 0 Å². The normalized spacial score (nSPS) is 20.6. The number of fused-ring (bicyclic) bond motifs is 1. The molecular weight excluding hydrogens is 460 g/mol. The predicted molar refractivity (Wildman–Crippen MR) is 142 cm³/mol. The van der Waals surface area contributed by atoms with Crippen molar-refractivity contribution < 1.29 is 9.32 Å². The first-order valence-corrected chi connectivity index (χ1v) is 14.1. The molecule has 5 rings (SSSR count). The summed E-state index contributed by atoms with van der Waals surface area (Å²) in [6, 6.07) is 10.4. The van der Waals surface area contributed by atoms with Crippen LogP contribution in [0.3, 0.4) is 0 Å². The second-order valence-corrected chi connectivity index (χ2v) is 11.4. The third-order valence-corrected chi connectivity index (χ3v) is 7.95. The van der Waals surface area contributed by atoms with Gasteiger partial charge in [0.05, 0.1) is 0 Å². The number of aliphatic hydroxyl groups is 1. The summed E-state index contributed by atoms with van der Waals surface area (Å²) in [5.41, 5.74) is 0.105. The maximum absolute atomic E-state index is 11.9. The van der Waals surface area contributed by atoms with Crippen molar-refractivity contribution in [1.29, 1.82) is 0 Å². The van der Waals surface area contributed by atoms with E-state index in [9.17, 15) is 9.32 Å². The van der Waals surface area contributed by atoms with Gasteiger partial charge in [-0.3, -0.25) is 4.21 Å². The number of hydrogen-bond acceptors (Lipinski definition) is 8. The van der Waals surface area contributed by atoms with Crippen LogP contribution < -0.4 is 15.5 Å². The molecule has 0 amide bonds. The third-order valence-electron chi connectivity index (χ3n) is 7.10. The Balaban J connectivity index is 1.57. The molecule has 2 aliphatic heterocycles. The molecule has 2 fully saturated rings. The first kappa shape index (κ1) is 24.1. The highest BCUT2D eigenvalue weighted by molar-refractivity contribution is 7.84. The number of pyridine rings is 1. The molecule has 9 heteroatoms. The summed E-state index contributed by atoms with van der Waals surface area (Å²) in [5.74, 6) is 3.62. The average molecular weight is 495 g/mol. The summed E-state index contributed by atoms with van der Waals surface area (Å²) in [6.45, 7) is 6.72. The molecule has 2 aromatic heterocycles. The number of aromatic nitrogens is 3. The van der Waals surface area contributed by atoms with Gasteiger partial charge in [0.25, 0.3) is 0 Å². The van der Waals surface area contributed by atoms with Gasteiger partial charge in [-0.2, -0.15) is 0 Å². The maximum atomic E-state index is 11.9. The van der Waals surface area contributed by atoms with Gasteiger partial charge in [0, 0.05) is 52.5 Å². The fourth-order valence-electron chi connectivity index (χ4n) is 5.17. The molecule has 2 aliphatic rings. The van der Waals surface area contributed by atoms with E-state index in [1.165, 1.54) is 0 Å². The lowest BCUT2D eigenvalue weighted by Gasteiger charge is -2.42. The van der Waals surface area contributed by atoms with Gasteiger partial charge < -0.3 is 20.6 Å². The highest BCUT2D eigenvalue weighted by atomic mass is 32.2. The van der Waals surface area contributed by atoms with Crippen molar-refractivity contribution >= 4 is 39.0 Å². The number of benzene rings is 1. The van der Waals surface area contributed by atoms with Crippen LogP contribution in [0.2, 0.25) is 0 Å². The van der Waals surface area contributed by atoms with Crippen LogP contribution in [0.5, 0.6) is 0 Å². The Kier molecular flexibility index (Phi) is 6.74. The lowest BCUT2D eigenvalue weighted by atomic mass is 9.91. The van der Waals surface area contributed by atoms with Gasteiger partial charge >= 0.3 is 0 Å². The highest BCUT2D eigenvalue weighted by Gasteiger charge is 2.35. The number of nitrogens with zero attached hydrogens (tertiary/aromatic N) is 4. The topological polar surface area (TPSA) is 103 Å². The fourth-order valence-corrected chi connectivity index (χ4v) is 6.06. The van der Waals surface area contributed by atoms with E-state index in [0.29, 0.717) is 30.2 Å². The molecule has 4 heterocycles. The Bertz CT molecular complexity index is 1240. The number of rotatable bonds is 7. The summed E-state index contributed by atoms with van der Waals surface area (Å²) < 4.78 is 11.9. The summed E-state index contributed by atoms with van der Waals surface area (Å²) in [7, 11) is -0.861. The third kappa shape index (κ3) is 4.77. The lowest BCUT2D eigenvalue weighted by Crippen LogP contribution is -2.51. The van der Waals surface area contributed by atoms with Crippen molar-refractivity contribution in [2.45, 2.75) is 50.7 Å². The molecule has 0 aliphatic carbocycles. The smallest absolute Gasteiger partial charge is 0.162 e. The van der Waals surface area contributed by atoms with Gasteiger partial charge in [-0.15, -0.1) is 0 Å². The molecule has 2 saturated heterocycles. The van der Waals surface area contributed by atoms with Crippen LogP contribution in [0.1, 0.15) is 50.4 Å². The van der Waals surface area contributed by atoms with Gasteiger partial charge in [0.2, 0.25) is 0 Å². The van der Waals surface area contributed by atoms with Crippen LogP contribution in [0.15, 0.2) is 36.5 Å². The second kappa shape index (κ2) is 9.79. The van der Waals surface area contributed by atoms with Crippen LogP contribution in [0.4, 0.5) is 17.5 Å². The Hall–Kier alpha value is -2.62. The standard InChI is InChI=1S/C26H34N6O2S/c1-17(2)22-19-6-4-5-7-20(19)24(32-15-9-18(32)16-35(3)34)31-23(22)29-21-8-12-28-25(30-21)26(33)10-13-27-14-11-26/h4-8,12,17-18,27,33H,9-11,13-16H2,1-3H3,(H,28,29,30,31)/t18-,35?/m1/s1. The average Bonchev–Trinajstić information content (AvgIpc) is 2.82. The molecule has 1 aromatic carbocycles. The van der Waals surface area contributed by atoms with E-state index in [4.69, 9.17) is 9.97 Å². The van der Waals surface area contributed by atoms with Crippen LogP contribution in [0.25, 0.3) is 10.8 Å². The minimum Gasteiger partial charge on any atom is -0.382 e. The first-order valence-electron chi connectivity index (χ1n) is 12.4. The van der Waals surface area contributed by atoms with Crippen molar-refractivity contribution in [2.75, 3.05) is 41.9 Å². The van der Waals surface area contributed by atoms with Crippen LogP contribution in [-0.4, -0.2) is 62.0 Å². The van der Waals surface area contributed by atoms with E-state index >= 15 is 0 Å². The zero-order valence-corrected chi connectivity index (χ0v) is 21.4. The van der Waals surface area contributed by atoms with Gasteiger partial charge in [0.15, 0.2) is 5.82 Å². The molecule has 8 nitrogen and oxygen atoms in total. The predicted octanol–water partition coefficient (Wildman–Crippen LogP) is 3.42. The van der Waals surface area contributed by atoms with Crippen molar-refractivity contribution in [1.82, 2.24) is 20.3 Å². The summed E-state index contributed by atoms with van der Waals surface area (Å²) in [4.78, 5) is 16.5. The van der Waals surface area contributed by atoms with Crippen LogP contribution in [-0.2, 0) is 16.4 Å². The summed E-state index contributed by atoms with van der Waals surface area (Å²) >= 11 is 0. The summed E-state index contributed by atoms with van der Waals surface area (Å²) in [5, 5.41) is 20.1. The molecule has 0 saturated carbocycles. The molecule has 35 heavy (non-hydrogen) atoms. The minimum absolute atomic E-state index is 0.231. The van der Waals surface area contributed by atoms with Crippen molar-refractivity contribution in [3.8, 4) is 0 Å². The molecule has 0 bridgehead atoms. The Morgan fingerprint density at radius 2 is 1.94 bits per heavy atom. The maximum Gasteiger partial charge on any atom is 0.162 e. The van der Waals surface area contributed by atoms with Crippen LogP contribution in [0, 0.1) is 0 Å². The monoisotopic (exact) mass is 494 g/mol. The van der Waals surface area contributed by atoms with E-state index in [1.54, 1.807) is 12.5 Å². The molecule has 1 unspecified atom stereocenters. The summed E-state index contributed by atoms with van der Waals surface area (Å²) in [6.07, 6.45) is 5.65. The number of piperidine rings is 1. The first-order chi connectivity index (χ1) is 16.9. The van der Waals surface area contributed by atoms with E-state index in [2.05, 4.69) is 52.6 Å². The quantitative estimate of drug-likeness (QED) is 0.459. The number of nitrogens with one attached hydrogen (secondary N) is 2. The van der Waals surface area contributed by atoms with Gasteiger partial charge in [-0.25, -0.2) is 15.0 Å². The van der Waals surface area contributed by atoms with E-state index in [0.717, 1.165) is 54.0 Å². The molecule has 0 spiro atoms. The Labute approximate surface area is 209 Å². The van der Waals surface area contributed by atoms with Crippen LogP contribution >= 0.6 is 0 Å². The second-order valence-electron chi connectivity index (χ2n) is 9.95. The van der Waals surface area contributed by atoms with Gasteiger partial charge in [0.1, 0.15) is 23.1 Å². The molecule has 3 aromatic rings. The van der Waals surface area contributed by atoms with E-state index in [-0.39, 0.29) is 12.0 Å². The minimum atomic E-state index is -1.02. The number of hydrogen-bond donors (Lipinski definition) is 3. The molecule has 0 radical (unpaired) electrons. The largest absolute Gasteiger partial charge is 0.382 e. The number of anilines is 3. The van der Waals surface area contributed by atoms with E-state index in [1.807, 2.05) is 12.1 Å². The zero-order chi connectivity index (χ0) is 24.6. The highest BCUT2D eigenvalue weighted by Crippen LogP contribution is 2.40. The molecular formula is C26H34N6O2S. The van der Waals surface area contributed by atoms with Gasteiger partial charge in [-0.1, -0.05) is 38.1 Å². The molecule has 2 atom stereocenters. The zero-order valence-electron chi connectivity index (χ0n) is 20.6. The van der Waals surface area contributed by atoms with E-state index < -0.39 is 16.4 Å². The van der Waals surface area contributed by atoms with Gasteiger partial charge in [-0.05, 0) is 49.7 Å². The molecule has 186 valence electrons. The van der Waals surface area contributed by atoms with Crippen molar-refractivity contribution in [3.05, 3.63) is 47.9 Å². The Morgan fingerprint density at radius 1 is 1.20 bits per heavy atom. The SMILES string of the molecule is CC(C)c1c(Nc2ccnc(C3(O)CCNCC3)n2)nc(N2CC[C@@H]2CS(C)=O)c2ccccc12. The molecule has 3 N–H and O–H groups in total. The fraction of sp³-hybridized carbons (Fsp3) is 0.500. The van der Waals surface area contributed by atoms with Crippen molar-refractivity contribution in [3.63, 3.8) is 0 Å².